The smallest absolute Gasteiger partial charge is 0.342 e. The summed E-state index contributed by atoms with van der Waals surface area (Å²) >= 11 is 1.01. The molecule has 1 heterocycles. The maximum atomic E-state index is 11.5. The van der Waals surface area contributed by atoms with Crippen LogP contribution in [0.3, 0.4) is 0 Å². The summed E-state index contributed by atoms with van der Waals surface area (Å²) in [5.74, 6) is -0.564. The summed E-state index contributed by atoms with van der Waals surface area (Å²) in [4.78, 5) is 16.0. The number of carbonyl (C=O) groups is 1. The second kappa shape index (κ2) is 6.93. The SMILES string of the molecule is CC(C)c1ccc(/C=C(/Sc2nc3ccccc3o2)C(=O)O)cc1. The second-order valence-corrected chi connectivity index (χ2v) is 6.68. The molecule has 1 aromatic heterocycles. The van der Waals surface area contributed by atoms with Crippen LogP contribution in [0, 0.1) is 0 Å². The van der Waals surface area contributed by atoms with Crippen molar-refractivity contribution in [1.82, 2.24) is 4.98 Å². The summed E-state index contributed by atoms with van der Waals surface area (Å²) in [6.07, 6.45) is 1.63. The van der Waals surface area contributed by atoms with Crippen LogP contribution in [-0.2, 0) is 4.79 Å². The number of oxazole rings is 1. The molecule has 5 heteroatoms. The van der Waals surface area contributed by atoms with Crippen LogP contribution in [0.1, 0.15) is 30.9 Å². The van der Waals surface area contributed by atoms with Crippen LogP contribution >= 0.6 is 11.8 Å². The van der Waals surface area contributed by atoms with Gasteiger partial charge in [-0.25, -0.2) is 9.78 Å². The zero-order chi connectivity index (χ0) is 17.1. The summed E-state index contributed by atoms with van der Waals surface area (Å²) in [6.45, 7) is 4.24. The molecule has 0 aliphatic rings. The molecule has 0 radical (unpaired) electrons. The highest BCUT2D eigenvalue weighted by atomic mass is 32.2. The molecular weight excluding hydrogens is 322 g/mol. The number of carboxylic acids is 1. The molecule has 0 unspecified atom stereocenters. The Hall–Kier alpha value is -2.53. The van der Waals surface area contributed by atoms with E-state index in [9.17, 15) is 9.90 Å². The van der Waals surface area contributed by atoms with Gasteiger partial charge in [0, 0.05) is 0 Å². The number of carboxylic acid groups (broad SMARTS) is 1. The van der Waals surface area contributed by atoms with E-state index in [0.29, 0.717) is 22.2 Å². The van der Waals surface area contributed by atoms with Gasteiger partial charge < -0.3 is 9.52 Å². The number of aliphatic carboxylic acids is 1. The number of rotatable bonds is 5. The van der Waals surface area contributed by atoms with Crippen LogP contribution in [0.2, 0.25) is 0 Å². The predicted molar refractivity (Wildman–Crippen MR) is 96.0 cm³/mol. The first-order valence-electron chi connectivity index (χ1n) is 7.61. The molecule has 0 saturated heterocycles. The van der Waals surface area contributed by atoms with Gasteiger partial charge in [-0.2, -0.15) is 0 Å². The van der Waals surface area contributed by atoms with E-state index >= 15 is 0 Å². The molecule has 24 heavy (non-hydrogen) atoms. The largest absolute Gasteiger partial charge is 0.477 e. The molecular formula is C19H17NO3S. The van der Waals surface area contributed by atoms with Crippen LogP contribution in [0.25, 0.3) is 17.2 Å². The number of benzene rings is 2. The van der Waals surface area contributed by atoms with Gasteiger partial charge in [-0.1, -0.05) is 50.2 Å². The van der Waals surface area contributed by atoms with E-state index in [0.717, 1.165) is 17.3 Å². The van der Waals surface area contributed by atoms with Gasteiger partial charge in [-0.05, 0) is 47.0 Å². The van der Waals surface area contributed by atoms with Gasteiger partial charge in [0.2, 0.25) is 0 Å². The molecule has 0 spiro atoms. The zero-order valence-electron chi connectivity index (χ0n) is 13.4. The molecule has 3 aromatic rings. The molecule has 0 atom stereocenters. The van der Waals surface area contributed by atoms with Crippen LogP contribution in [-0.4, -0.2) is 16.1 Å². The number of hydrogen-bond acceptors (Lipinski definition) is 4. The first-order valence-corrected chi connectivity index (χ1v) is 8.43. The molecule has 0 amide bonds. The number of para-hydroxylation sites is 2. The minimum absolute atomic E-state index is 0.166. The van der Waals surface area contributed by atoms with Crippen molar-refractivity contribution in [3.63, 3.8) is 0 Å². The Balaban J connectivity index is 1.87. The van der Waals surface area contributed by atoms with Gasteiger partial charge in [0.05, 0.1) is 0 Å². The number of aromatic nitrogens is 1. The van der Waals surface area contributed by atoms with Gasteiger partial charge in [0.25, 0.3) is 5.22 Å². The molecule has 122 valence electrons. The lowest BCUT2D eigenvalue weighted by atomic mass is 10.0. The van der Waals surface area contributed by atoms with E-state index in [2.05, 4.69) is 18.8 Å². The van der Waals surface area contributed by atoms with Crippen molar-refractivity contribution >= 4 is 34.9 Å². The number of hydrogen-bond donors (Lipinski definition) is 1. The number of nitrogens with zero attached hydrogens (tertiary/aromatic N) is 1. The zero-order valence-corrected chi connectivity index (χ0v) is 14.2. The summed E-state index contributed by atoms with van der Waals surface area (Å²) in [6, 6.07) is 15.2. The van der Waals surface area contributed by atoms with Crippen molar-refractivity contribution in [2.45, 2.75) is 25.0 Å². The highest BCUT2D eigenvalue weighted by molar-refractivity contribution is 8.03. The lowest BCUT2D eigenvalue weighted by molar-refractivity contribution is -0.131. The minimum Gasteiger partial charge on any atom is -0.477 e. The van der Waals surface area contributed by atoms with Crippen molar-refractivity contribution in [3.8, 4) is 0 Å². The van der Waals surface area contributed by atoms with Crippen LogP contribution in [0.5, 0.6) is 0 Å². The molecule has 1 N–H and O–H groups in total. The van der Waals surface area contributed by atoms with Crippen molar-refractivity contribution in [3.05, 3.63) is 64.6 Å². The van der Waals surface area contributed by atoms with Gasteiger partial charge in [-0.15, -0.1) is 0 Å². The third-order valence-electron chi connectivity index (χ3n) is 3.58. The lowest BCUT2D eigenvalue weighted by Crippen LogP contribution is -1.97. The molecule has 0 saturated carbocycles. The summed E-state index contributed by atoms with van der Waals surface area (Å²) in [5, 5.41) is 9.78. The highest BCUT2D eigenvalue weighted by Crippen LogP contribution is 2.30. The molecule has 2 aromatic carbocycles. The van der Waals surface area contributed by atoms with Crippen molar-refractivity contribution in [2.75, 3.05) is 0 Å². The average molecular weight is 339 g/mol. The van der Waals surface area contributed by atoms with Crippen LogP contribution in [0.15, 0.2) is 63.1 Å². The molecule has 0 aliphatic heterocycles. The predicted octanol–water partition coefficient (Wildman–Crippen LogP) is 5.17. The first-order chi connectivity index (χ1) is 11.5. The van der Waals surface area contributed by atoms with Gasteiger partial charge in [0.1, 0.15) is 10.4 Å². The number of thioether (sulfide) groups is 1. The van der Waals surface area contributed by atoms with E-state index in [1.54, 1.807) is 12.1 Å². The lowest BCUT2D eigenvalue weighted by Gasteiger charge is -2.05. The first kappa shape index (κ1) is 16.3. The molecule has 4 nitrogen and oxygen atoms in total. The average Bonchev–Trinajstić information content (AvgIpc) is 2.97. The standard InChI is InChI=1S/C19H17NO3S/c1-12(2)14-9-7-13(8-10-14)11-17(18(21)22)24-19-20-15-5-3-4-6-16(15)23-19/h3-12H,1-2H3,(H,21,22)/b17-11+. The van der Waals surface area contributed by atoms with Crippen LogP contribution < -0.4 is 0 Å². The molecule has 0 fully saturated rings. The van der Waals surface area contributed by atoms with E-state index in [1.807, 2.05) is 42.5 Å². The fraction of sp³-hybridized carbons (Fsp3) is 0.158. The molecule has 0 bridgehead atoms. The Morgan fingerprint density at radius 3 is 2.50 bits per heavy atom. The topological polar surface area (TPSA) is 63.3 Å². The Bertz CT molecular complexity index is 861. The molecule has 0 aliphatic carbocycles. The van der Waals surface area contributed by atoms with Crippen molar-refractivity contribution in [2.24, 2.45) is 0 Å². The van der Waals surface area contributed by atoms with Crippen LogP contribution in [0.4, 0.5) is 0 Å². The van der Waals surface area contributed by atoms with Gasteiger partial charge in [0.15, 0.2) is 5.58 Å². The Morgan fingerprint density at radius 2 is 1.88 bits per heavy atom. The van der Waals surface area contributed by atoms with E-state index in [-0.39, 0.29) is 4.91 Å². The number of fused-ring (bicyclic) bond motifs is 1. The van der Waals surface area contributed by atoms with Gasteiger partial charge in [-0.3, -0.25) is 0 Å². The monoisotopic (exact) mass is 339 g/mol. The van der Waals surface area contributed by atoms with E-state index < -0.39 is 5.97 Å². The third kappa shape index (κ3) is 3.68. The Kier molecular flexibility index (Phi) is 4.71. The second-order valence-electron chi connectivity index (χ2n) is 5.68. The van der Waals surface area contributed by atoms with E-state index in [1.165, 1.54) is 5.56 Å². The highest BCUT2D eigenvalue weighted by Gasteiger charge is 2.14. The quantitative estimate of drug-likeness (QED) is 0.513. The van der Waals surface area contributed by atoms with Crippen molar-refractivity contribution < 1.29 is 14.3 Å². The maximum absolute atomic E-state index is 11.5. The normalized spacial score (nSPS) is 12.0. The van der Waals surface area contributed by atoms with E-state index in [4.69, 9.17) is 4.42 Å². The van der Waals surface area contributed by atoms with Crippen molar-refractivity contribution in [1.29, 1.82) is 0 Å². The Labute approximate surface area is 144 Å². The Morgan fingerprint density at radius 1 is 1.17 bits per heavy atom. The fourth-order valence-corrected chi connectivity index (χ4v) is 3.00. The summed E-state index contributed by atoms with van der Waals surface area (Å²) < 4.78 is 5.58. The minimum atomic E-state index is -1.00. The summed E-state index contributed by atoms with van der Waals surface area (Å²) in [5.41, 5.74) is 3.41. The molecule has 3 rings (SSSR count). The van der Waals surface area contributed by atoms with Gasteiger partial charge >= 0.3 is 5.97 Å². The maximum Gasteiger partial charge on any atom is 0.342 e. The fourth-order valence-electron chi connectivity index (χ4n) is 2.25. The third-order valence-corrected chi connectivity index (χ3v) is 4.44. The summed E-state index contributed by atoms with van der Waals surface area (Å²) in [7, 11) is 0.